The highest BCUT2D eigenvalue weighted by molar-refractivity contribution is 7.89. The van der Waals surface area contributed by atoms with E-state index in [4.69, 9.17) is 15.2 Å². The summed E-state index contributed by atoms with van der Waals surface area (Å²) in [6.45, 7) is 0. The highest BCUT2D eigenvalue weighted by Crippen LogP contribution is 2.41. The molecular weight excluding hydrogens is 542 g/mol. The molecule has 1 fully saturated rings. The van der Waals surface area contributed by atoms with Crippen LogP contribution in [0.4, 0.5) is 5.82 Å². The van der Waals surface area contributed by atoms with E-state index in [1.807, 2.05) is 22.9 Å². The summed E-state index contributed by atoms with van der Waals surface area (Å²) in [5.41, 5.74) is 8.87. The van der Waals surface area contributed by atoms with Gasteiger partial charge in [0.1, 0.15) is 29.3 Å². The van der Waals surface area contributed by atoms with Crippen LogP contribution in [0.1, 0.15) is 29.2 Å². The van der Waals surface area contributed by atoms with Gasteiger partial charge < -0.3 is 19.8 Å². The van der Waals surface area contributed by atoms with Crippen molar-refractivity contribution in [3.63, 3.8) is 0 Å². The number of esters is 1. The van der Waals surface area contributed by atoms with Crippen molar-refractivity contribution in [1.29, 1.82) is 0 Å². The van der Waals surface area contributed by atoms with E-state index < -0.39 is 16.0 Å². The second-order valence-electron chi connectivity index (χ2n) is 9.74. The van der Waals surface area contributed by atoms with Crippen molar-refractivity contribution in [1.82, 2.24) is 19.3 Å². The maximum atomic E-state index is 13.1. The van der Waals surface area contributed by atoms with Crippen LogP contribution in [0.3, 0.4) is 0 Å². The molecule has 1 unspecified atom stereocenters. The molecule has 0 spiro atoms. The van der Waals surface area contributed by atoms with E-state index in [9.17, 15) is 13.2 Å². The fourth-order valence-electron chi connectivity index (χ4n) is 5.02. The number of benzene rings is 3. The van der Waals surface area contributed by atoms with Crippen LogP contribution in [0.15, 0.2) is 96.3 Å². The summed E-state index contributed by atoms with van der Waals surface area (Å²) >= 11 is 0. The van der Waals surface area contributed by atoms with Crippen molar-refractivity contribution in [3.05, 3.63) is 97.0 Å². The summed E-state index contributed by atoms with van der Waals surface area (Å²) in [6, 6.07) is 21.6. The molecule has 1 aliphatic rings. The molecule has 0 bridgehead atoms. The quantitative estimate of drug-likeness (QED) is 0.204. The van der Waals surface area contributed by atoms with Crippen molar-refractivity contribution >= 4 is 32.8 Å². The van der Waals surface area contributed by atoms with Gasteiger partial charge in [0.25, 0.3) is 0 Å². The van der Waals surface area contributed by atoms with Crippen molar-refractivity contribution in [2.75, 3.05) is 12.8 Å². The van der Waals surface area contributed by atoms with Gasteiger partial charge in [-0.25, -0.2) is 27.9 Å². The highest BCUT2D eigenvalue weighted by atomic mass is 32.2. The molecule has 2 aromatic heterocycles. The highest BCUT2D eigenvalue weighted by Gasteiger charge is 2.37. The van der Waals surface area contributed by atoms with E-state index in [2.05, 4.69) is 14.7 Å². The van der Waals surface area contributed by atoms with Gasteiger partial charge in [-0.3, -0.25) is 0 Å². The van der Waals surface area contributed by atoms with Crippen LogP contribution >= 0.6 is 0 Å². The maximum Gasteiger partial charge on any atom is 0.343 e. The second kappa shape index (κ2) is 10.7. The molecule has 0 saturated heterocycles. The van der Waals surface area contributed by atoms with E-state index in [1.165, 1.54) is 25.6 Å². The van der Waals surface area contributed by atoms with Crippen LogP contribution in [0.5, 0.6) is 11.5 Å². The minimum atomic E-state index is -3.76. The average Bonchev–Trinajstić information content (AvgIpc) is 3.36. The van der Waals surface area contributed by atoms with Crippen molar-refractivity contribution in [2.24, 2.45) is 0 Å². The summed E-state index contributed by atoms with van der Waals surface area (Å²) in [6.07, 6.45) is 4.72. The Balaban J connectivity index is 1.31. The first kappa shape index (κ1) is 26.5. The minimum absolute atomic E-state index is 0.162. The lowest BCUT2D eigenvalue weighted by molar-refractivity contribution is 0.0735. The molecule has 5 aromatic rings. The number of ether oxygens (including phenoxy) is 2. The monoisotopic (exact) mass is 569 g/mol. The molecule has 10 nitrogen and oxygen atoms in total. The Morgan fingerprint density at radius 3 is 2.46 bits per heavy atom. The second-order valence-corrected chi connectivity index (χ2v) is 11.5. The molecule has 0 aliphatic heterocycles. The number of carbonyl (C=O) groups is 1. The summed E-state index contributed by atoms with van der Waals surface area (Å²) in [5.74, 6) is 0.786. The van der Waals surface area contributed by atoms with E-state index in [1.54, 1.807) is 54.6 Å². The van der Waals surface area contributed by atoms with Gasteiger partial charge in [-0.2, -0.15) is 0 Å². The smallest absolute Gasteiger partial charge is 0.343 e. The fraction of sp³-hybridized carbons (Fsp3) is 0.167. The number of fused-ring (bicyclic) bond motifs is 1. The molecule has 6 rings (SSSR count). The van der Waals surface area contributed by atoms with E-state index in [0.717, 1.165) is 17.5 Å². The molecular formula is C30H27N5O5S. The Morgan fingerprint density at radius 1 is 0.976 bits per heavy atom. The van der Waals surface area contributed by atoms with Gasteiger partial charge in [-0.15, -0.1) is 0 Å². The predicted molar refractivity (Wildman–Crippen MR) is 154 cm³/mol. The number of carbonyl (C=O) groups excluding carboxylic acids is 1. The number of rotatable bonds is 8. The Morgan fingerprint density at radius 2 is 1.76 bits per heavy atom. The maximum absolute atomic E-state index is 13.1. The SMILES string of the molecule is COc1ccc(S(=O)(=O)NC2CC[C@@H]2n2cc(-c3cccc(OC(=O)c4ccccc4)c3)c3c(N)ncnc32)cc1. The zero-order chi connectivity index (χ0) is 28.6. The number of sulfonamides is 1. The molecule has 1 saturated carbocycles. The number of aromatic nitrogens is 3. The van der Waals surface area contributed by atoms with Gasteiger partial charge >= 0.3 is 5.97 Å². The third kappa shape index (κ3) is 5.12. The topological polar surface area (TPSA) is 138 Å². The lowest BCUT2D eigenvalue weighted by atomic mass is 9.87. The number of methoxy groups -OCH3 is 1. The Labute approximate surface area is 236 Å². The molecule has 0 radical (unpaired) electrons. The van der Waals surface area contributed by atoms with E-state index >= 15 is 0 Å². The number of hydrogen-bond acceptors (Lipinski definition) is 8. The van der Waals surface area contributed by atoms with Gasteiger partial charge in [0.05, 0.1) is 29.0 Å². The molecule has 208 valence electrons. The first-order valence-corrected chi connectivity index (χ1v) is 14.5. The fourth-order valence-corrected chi connectivity index (χ4v) is 6.33. The lowest BCUT2D eigenvalue weighted by Crippen LogP contribution is -2.47. The number of nitrogen functional groups attached to an aromatic ring is 1. The van der Waals surface area contributed by atoms with Gasteiger partial charge in [0, 0.05) is 17.8 Å². The van der Waals surface area contributed by atoms with E-state index in [-0.39, 0.29) is 17.0 Å². The first-order chi connectivity index (χ1) is 19.8. The molecule has 2 atom stereocenters. The normalized spacial score (nSPS) is 16.7. The van der Waals surface area contributed by atoms with Gasteiger partial charge in [0.15, 0.2) is 0 Å². The first-order valence-electron chi connectivity index (χ1n) is 13.0. The number of nitrogens with zero attached hydrogens (tertiary/aromatic N) is 3. The van der Waals surface area contributed by atoms with Crippen molar-refractivity contribution in [2.45, 2.75) is 29.8 Å². The molecule has 0 amide bonds. The number of nitrogens with one attached hydrogen (secondary N) is 1. The van der Waals surface area contributed by atoms with Gasteiger partial charge in [-0.1, -0.05) is 30.3 Å². The number of nitrogens with two attached hydrogens (primary N) is 1. The molecule has 3 N–H and O–H groups in total. The third-order valence-corrected chi connectivity index (χ3v) is 8.78. The van der Waals surface area contributed by atoms with Crippen molar-refractivity contribution < 1.29 is 22.7 Å². The van der Waals surface area contributed by atoms with Crippen LogP contribution in [0, 0.1) is 0 Å². The molecule has 3 aromatic carbocycles. The van der Waals surface area contributed by atoms with Crippen LogP contribution in [-0.2, 0) is 10.0 Å². The number of anilines is 1. The third-order valence-electron chi connectivity index (χ3n) is 7.28. The predicted octanol–water partition coefficient (Wildman–Crippen LogP) is 4.59. The Bertz CT molecular complexity index is 1840. The Hall–Kier alpha value is -4.74. The van der Waals surface area contributed by atoms with Gasteiger partial charge in [-0.05, 0) is 66.9 Å². The van der Waals surface area contributed by atoms with Crippen LogP contribution in [0.2, 0.25) is 0 Å². The summed E-state index contributed by atoms with van der Waals surface area (Å²) in [5, 5.41) is 0.641. The summed E-state index contributed by atoms with van der Waals surface area (Å²) in [4.78, 5) is 21.5. The number of hydrogen-bond donors (Lipinski definition) is 2. The minimum Gasteiger partial charge on any atom is -0.497 e. The zero-order valence-electron chi connectivity index (χ0n) is 22.1. The standard InChI is InChI=1S/C30H27N5O5S/c1-39-21-10-12-23(13-11-21)41(37,38)34-25-14-15-26(25)35-17-24(27-28(31)32-18-33-29(27)35)20-8-5-9-22(16-20)40-30(36)19-6-3-2-4-7-19/h2-13,16-18,25-26,34H,14-15H2,1H3,(H2,31,32,33)/t25?,26-/m0/s1. The zero-order valence-corrected chi connectivity index (χ0v) is 22.9. The van der Waals surface area contributed by atoms with Crippen LogP contribution in [-0.4, -0.2) is 42.1 Å². The van der Waals surface area contributed by atoms with Crippen molar-refractivity contribution in [3.8, 4) is 22.6 Å². The van der Waals surface area contributed by atoms with Gasteiger partial charge in [0.2, 0.25) is 10.0 Å². The lowest BCUT2D eigenvalue weighted by Gasteiger charge is -2.38. The van der Waals surface area contributed by atoms with Crippen LogP contribution < -0.4 is 19.9 Å². The summed E-state index contributed by atoms with van der Waals surface area (Å²) in [7, 11) is -2.23. The molecule has 2 heterocycles. The summed E-state index contributed by atoms with van der Waals surface area (Å²) < 4.78 is 41.8. The molecule has 1 aliphatic carbocycles. The van der Waals surface area contributed by atoms with Crippen LogP contribution in [0.25, 0.3) is 22.2 Å². The largest absolute Gasteiger partial charge is 0.497 e. The Kier molecular flexibility index (Phi) is 6.90. The van der Waals surface area contributed by atoms with E-state index in [0.29, 0.717) is 40.3 Å². The molecule has 11 heteroatoms. The molecule has 41 heavy (non-hydrogen) atoms. The average molecular weight is 570 g/mol.